The van der Waals surface area contributed by atoms with Crippen LogP contribution in [0.1, 0.15) is 13.8 Å². The van der Waals surface area contributed by atoms with Crippen LogP contribution in [0.3, 0.4) is 0 Å². The van der Waals surface area contributed by atoms with Crippen molar-refractivity contribution in [3.63, 3.8) is 0 Å². The van der Waals surface area contributed by atoms with Crippen molar-refractivity contribution in [3.05, 3.63) is 0 Å². The van der Waals surface area contributed by atoms with Gasteiger partial charge >= 0.3 is 12.3 Å². The number of hydrogen-bond donors (Lipinski definition) is 0. The molecule has 0 aromatic heterocycles. The fourth-order valence-corrected chi connectivity index (χ4v) is 1.09. The van der Waals surface area contributed by atoms with E-state index in [1.165, 1.54) is 13.8 Å². The Morgan fingerprint density at radius 1 is 1.29 bits per heavy atom. The molecule has 0 aliphatic carbocycles. The number of halogens is 5. The highest BCUT2D eigenvalue weighted by molar-refractivity contribution is 6.28. The van der Waals surface area contributed by atoms with E-state index < -0.39 is 42.5 Å². The molecule has 3 nitrogen and oxygen atoms in total. The molecule has 0 aromatic carbocycles. The van der Waals surface area contributed by atoms with Crippen molar-refractivity contribution in [2.24, 2.45) is 0 Å². The smallest absolute Gasteiger partial charge is 0.327 e. The van der Waals surface area contributed by atoms with Gasteiger partial charge in [-0.15, -0.1) is 11.6 Å². The van der Waals surface area contributed by atoms with E-state index in [-0.39, 0.29) is 0 Å². The highest BCUT2D eigenvalue weighted by Crippen LogP contribution is 2.26. The number of carbonyl (C=O) groups is 2. The first-order valence-electron chi connectivity index (χ1n) is 4.69. The number of alkyl halides is 5. The van der Waals surface area contributed by atoms with Gasteiger partial charge in [0.15, 0.2) is 5.78 Å². The second kappa shape index (κ2) is 6.18. The van der Waals surface area contributed by atoms with E-state index in [4.69, 9.17) is 11.6 Å². The van der Waals surface area contributed by atoms with Crippen molar-refractivity contribution in [3.8, 4) is 0 Å². The first-order chi connectivity index (χ1) is 7.64. The Hall–Kier alpha value is -0.850. The third-order valence-corrected chi connectivity index (χ3v) is 2.24. The lowest BCUT2D eigenvalue weighted by molar-refractivity contribution is -0.182. The van der Waals surface area contributed by atoms with Gasteiger partial charge < -0.3 is 4.90 Å². The Labute approximate surface area is 101 Å². The van der Waals surface area contributed by atoms with Gasteiger partial charge in [-0.3, -0.25) is 9.59 Å². The molecular weight excluding hydrogens is 266 g/mol. The SMILES string of the molecule is CC(C)N(CC(=O)CCl)C(=O)C(F)(F)C(F)F. The summed E-state index contributed by atoms with van der Waals surface area (Å²) >= 11 is 5.16. The van der Waals surface area contributed by atoms with Crippen LogP contribution in [0.5, 0.6) is 0 Å². The molecule has 0 saturated carbocycles. The number of rotatable bonds is 6. The van der Waals surface area contributed by atoms with Gasteiger partial charge in [0.05, 0.1) is 12.4 Å². The van der Waals surface area contributed by atoms with Gasteiger partial charge in [0.1, 0.15) is 0 Å². The fourth-order valence-electron chi connectivity index (χ4n) is 1.01. The molecule has 0 N–H and O–H groups in total. The van der Waals surface area contributed by atoms with Crippen molar-refractivity contribution in [2.45, 2.75) is 32.2 Å². The maximum atomic E-state index is 12.8. The molecule has 0 radical (unpaired) electrons. The number of carbonyl (C=O) groups excluding carboxylic acids is 2. The topological polar surface area (TPSA) is 37.4 Å². The molecule has 0 unspecified atom stereocenters. The van der Waals surface area contributed by atoms with E-state index in [1.54, 1.807) is 0 Å². The van der Waals surface area contributed by atoms with E-state index >= 15 is 0 Å². The second-order valence-corrected chi connectivity index (χ2v) is 3.89. The number of amides is 1. The number of hydrogen-bond acceptors (Lipinski definition) is 2. The lowest BCUT2D eigenvalue weighted by atomic mass is 10.2. The zero-order valence-electron chi connectivity index (χ0n) is 9.22. The average Bonchev–Trinajstić information content (AvgIpc) is 2.23. The van der Waals surface area contributed by atoms with Crippen LogP contribution < -0.4 is 0 Å². The van der Waals surface area contributed by atoms with E-state index in [2.05, 4.69) is 0 Å². The van der Waals surface area contributed by atoms with Crippen molar-refractivity contribution in [1.29, 1.82) is 0 Å². The Balaban J connectivity index is 4.96. The predicted octanol–water partition coefficient (Wildman–Crippen LogP) is 1.93. The van der Waals surface area contributed by atoms with Crippen LogP contribution in [0.4, 0.5) is 17.6 Å². The maximum absolute atomic E-state index is 12.8. The van der Waals surface area contributed by atoms with Crippen molar-refractivity contribution >= 4 is 23.3 Å². The Kier molecular flexibility index (Phi) is 5.87. The number of ketones is 1. The summed E-state index contributed by atoms with van der Waals surface area (Å²) in [4.78, 5) is 22.6. The van der Waals surface area contributed by atoms with Crippen molar-refractivity contribution in [1.82, 2.24) is 4.90 Å². The fraction of sp³-hybridized carbons (Fsp3) is 0.778. The monoisotopic (exact) mass is 277 g/mol. The summed E-state index contributed by atoms with van der Waals surface area (Å²) in [6.07, 6.45) is -4.11. The summed E-state index contributed by atoms with van der Waals surface area (Å²) in [7, 11) is 0. The van der Waals surface area contributed by atoms with Crippen LogP contribution in [-0.2, 0) is 9.59 Å². The van der Waals surface area contributed by atoms with E-state index in [0.717, 1.165) is 0 Å². The zero-order valence-corrected chi connectivity index (χ0v) is 9.98. The molecule has 0 aliphatic rings. The summed E-state index contributed by atoms with van der Waals surface area (Å²) < 4.78 is 49.6. The van der Waals surface area contributed by atoms with Gasteiger partial charge in [-0.1, -0.05) is 0 Å². The summed E-state index contributed by atoms with van der Waals surface area (Å²) in [5.41, 5.74) is 0. The summed E-state index contributed by atoms with van der Waals surface area (Å²) in [6, 6.07) is -0.806. The summed E-state index contributed by atoms with van der Waals surface area (Å²) in [5.74, 6) is -8.03. The van der Waals surface area contributed by atoms with Crippen LogP contribution >= 0.6 is 11.6 Å². The third-order valence-electron chi connectivity index (χ3n) is 1.94. The molecule has 100 valence electrons. The van der Waals surface area contributed by atoms with Crippen LogP contribution in [0, 0.1) is 0 Å². The third kappa shape index (κ3) is 4.14. The Morgan fingerprint density at radius 3 is 2.06 bits per heavy atom. The molecule has 0 rings (SSSR count). The van der Waals surface area contributed by atoms with Crippen LogP contribution in [0.15, 0.2) is 0 Å². The zero-order chi connectivity index (χ0) is 13.8. The minimum atomic E-state index is -4.79. The highest BCUT2D eigenvalue weighted by Gasteiger charge is 2.51. The van der Waals surface area contributed by atoms with E-state index in [1.807, 2.05) is 0 Å². The van der Waals surface area contributed by atoms with Gasteiger partial charge in [-0.25, -0.2) is 8.78 Å². The number of nitrogens with zero attached hydrogens (tertiary/aromatic N) is 1. The molecule has 0 heterocycles. The largest absolute Gasteiger partial charge is 0.383 e. The molecule has 0 fully saturated rings. The molecule has 0 aliphatic heterocycles. The maximum Gasteiger partial charge on any atom is 0.383 e. The molecule has 8 heteroatoms. The van der Waals surface area contributed by atoms with Gasteiger partial charge in [0.25, 0.3) is 5.91 Å². The minimum absolute atomic E-state index is 0.386. The first-order valence-corrected chi connectivity index (χ1v) is 5.22. The molecule has 0 atom stereocenters. The van der Waals surface area contributed by atoms with Gasteiger partial charge in [0, 0.05) is 6.04 Å². The van der Waals surface area contributed by atoms with Crippen LogP contribution in [-0.4, -0.2) is 47.4 Å². The molecule has 17 heavy (non-hydrogen) atoms. The predicted molar refractivity (Wildman–Crippen MR) is 53.5 cm³/mol. The molecule has 0 bridgehead atoms. The molecule has 1 amide bonds. The quantitative estimate of drug-likeness (QED) is 0.549. The van der Waals surface area contributed by atoms with E-state index in [9.17, 15) is 27.2 Å². The normalized spacial score (nSPS) is 12.1. The van der Waals surface area contributed by atoms with E-state index in [0.29, 0.717) is 4.90 Å². The number of Topliss-reactive ketones (excluding diaryl/α,β-unsaturated/α-hetero) is 1. The molecule has 0 saturated heterocycles. The molecule has 0 spiro atoms. The highest BCUT2D eigenvalue weighted by atomic mass is 35.5. The first kappa shape index (κ1) is 16.1. The Bertz CT molecular complexity index is 297. The van der Waals surface area contributed by atoms with Gasteiger partial charge in [0.2, 0.25) is 0 Å². The van der Waals surface area contributed by atoms with Gasteiger partial charge in [-0.05, 0) is 13.8 Å². The standard InChI is InChI=1S/C9H12ClF4NO2/c1-5(2)15(4-6(16)3-10)8(17)9(13,14)7(11)12/h5,7H,3-4H2,1-2H3. The minimum Gasteiger partial charge on any atom is -0.327 e. The van der Waals surface area contributed by atoms with Crippen LogP contribution in [0.25, 0.3) is 0 Å². The van der Waals surface area contributed by atoms with Gasteiger partial charge in [-0.2, -0.15) is 8.78 Å². The van der Waals surface area contributed by atoms with Crippen molar-refractivity contribution < 1.29 is 27.2 Å². The summed E-state index contributed by atoms with van der Waals surface area (Å²) in [6.45, 7) is 1.96. The lowest BCUT2D eigenvalue weighted by Gasteiger charge is -2.29. The molecular formula is C9H12ClF4NO2. The second-order valence-electron chi connectivity index (χ2n) is 3.62. The molecule has 0 aromatic rings. The Morgan fingerprint density at radius 2 is 1.76 bits per heavy atom. The lowest BCUT2D eigenvalue weighted by Crippen LogP contribution is -2.52. The average molecular weight is 278 g/mol. The van der Waals surface area contributed by atoms with Crippen molar-refractivity contribution in [2.75, 3.05) is 12.4 Å². The van der Waals surface area contributed by atoms with Crippen LogP contribution in [0.2, 0.25) is 0 Å². The summed E-state index contributed by atoms with van der Waals surface area (Å²) in [5, 5.41) is 0.